The van der Waals surface area contributed by atoms with Crippen LogP contribution in [0.15, 0.2) is 18.3 Å². The molecule has 26 heavy (non-hydrogen) atoms. The largest absolute Gasteiger partial charge is 0.417 e. The Hall–Kier alpha value is -1.99. The van der Waals surface area contributed by atoms with Gasteiger partial charge in [-0.1, -0.05) is 0 Å². The first-order chi connectivity index (χ1) is 12.3. The molecule has 0 radical (unpaired) electrons. The lowest BCUT2D eigenvalue weighted by Gasteiger charge is -2.37. The highest BCUT2D eigenvalue weighted by Crippen LogP contribution is 2.29. The molecule has 3 rings (SSSR count). The van der Waals surface area contributed by atoms with Crippen LogP contribution in [0.1, 0.15) is 44.6 Å². The highest BCUT2D eigenvalue weighted by atomic mass is 19.4. The molecule has 144 valence electrons. The number of carbonyl (C=O) groups is 1. The molecule has 8 heteroatoms. The van der Waals surface area contributed by atoms with E-state index in [1.54, 1.807) is 0 Å². The average Bonchev–Trinajstić information content (AvgIpc) is 2.62. The summed E-state index contributed by atoms with van der Waals surface area (Å²) in [5.41, 5.74) is -0.737. The zero-order valence-corrected chi connectivity index (χ0v) is 14.9. The number of pyridine rings is 1. The van der Waals surface area contributed by atoms with Crippen LogP contribution in [-0.4, -0.2) is 47.6 Å². The van der Waals surface area contributed by atoms with E-state index in [4.69, 9.17) is 0 Å². The zero-order valence-electron chi connectivity index (χ0n) is 14.9. The highest BCUT2D eigenvalue weighted by Gasteiger charge is 2.31. The number of hydrogen-bond acceptors (Lipinski definition) is 3. The molecule has 5 nitrogen and oxygen atoms in total. The van der Waals surface area contributed by atoms with E-state index in [-0.39, 0.29) is 18.1 Å². The van der Waals surface area contributed by atoms with Crippen molar-refractivity contribution >= 4 is 11.8 Å². The van der Waals surface area contributed by atoms with Gasteiger partial charge in [-0.15, -0.1) is 0 Å². The SMILES string of the molecule is CC1CCCCN1C(=O)NC1CCN(c2ccc(C(F)(F)F)cn2)CC1. The van der Waals surface area contributed by atoms with Crippen LogP contribution in [0.3, 0.4) is 0 Å². The quantitative estimate of drug-likeness (QED) is 0.864. The number of piperidine rings is 2. The minimum absolute atomic E-state index is 0.00306. The lowest BCUT2D eigenvalue weighted by molar-refractivity contribution is -0.137. The molecule has 3 heterocycles. The predicted molar refractivity (Wildman–Crippen MR) is 93.0 cm³/mol. The number of nitrogens with zero attached hydrogens (tertiary/aromatic N) is 3. The molecule has 1 unspecified atom stereocenters. The van der Waals surface area contributed by atoms with Crippen LogP contribution in [0, 0.1) is 0 Å². The molecule has 0 saturated carbocycles. The van der Waals surface area contributed by atoms with Gasteiger partial charge in [-0.05, 0) is 51.2 Å². The van der Waals surface area contributed by atoms with Gasteiger partial charge < -0.3 is 15.1 Å². The second-order valence-corrected chi connectivity index (χ2v) is 7.15. The Morgan fingerprint density at radius 1 is 1.15 bits per heavy atom. The Labute approximate surface area is 151 Å². The van der Waals surface area contributed by atoms with Crippen LogP contribution in [-0.2, 0) is 6.18 Å². The van der Waals surface area contributed by atoms with Crippen molar-refractivity contribution in [3.8, 4) is 0 Å². The van der Waals surface area contributed by atoms with Crippen molar-refractivity contribution in [2.75, 3.05) is 24.5 Å². The van der Waals surface area contributed by atoms with E-state index in [2.05, 4.69) is 17.2 Å². The average molecular weight is 370 g/mol. The third-order valence-electron chi connectivity index (χ3n) is 5.29. The topological polar surface area (TPSA) is 48.5 Å². The van der Waals surface area contributed by atoms with Crippen molar-refractivity contribution in [2.24, 2.45) is 0 Å². The minimum Gasteiger partial charge on any atom is -0.356 e. The van der Waals surface area contributed by atoms with E-state index in [1.165, 1.54) is 12.5 Å². The molecule has 1 N–H and O–H groups in total. The van der Waals surface area contributed by atoms with E-state index in [1.807, 2.05) is 9.80 Å². The molecule has 2 aliphatic heterocycles. The van der Waals surface area contributed by atoms with Crippen LogP contribution < -0.4 is 10.2 Å². The van der Waals surface area contributed by atoms with Crippen LogP contribution in [0.25, 0.3) is 0 Å². The van der Waals surface area contributed by atoms with E-state index in [0.29, 0.717) is 18.9 Å². The van der Waals surface area contributed by atoms with Crippen LogP contribution in [0.5, 0.6) is 0 Å². The highest BCUT2D eigenvalue weighted by molar-refractivity contribution is 5.75. The number of amides is 2. The monoisotopic (exact) mass is 370 g/mol. The number of anilines is 1. The van der Waals surface area contributed by atoms with Gasteiger partial charge in [0.05, 0.1) is 5.56 Å². The molecule has 1 aromatic heterocycles. The predicted octanol–water partition coefficient (Wildman–Crippen LogP) is 3.65. The Bertz CT molecular complexity index is 612. The minimum atomic E-state index is -4.37. The number of rotatable bonds is 2. The summed E-state index contributed by atoms with van der Waals surface area (Å²) >= 11 is 0. The smallest absolute Gasteiger partial charge is 0.356 e. The molecular formula is C18H25F3N4O. The second kappa shape index (κ2) is 7.72. The van der Waals surface area contributed by atoms with Gasteiger partial charge in [0, 0.05) is 37.9 Å². The van der Waals surface area contributed by atoms with Crippen molar-refractivity contribution in [1.82, 2.24) is 15.2 Å². The third kappa shape index (κ3) is 4.40. The van der Waals surface area contributed by atoms with Crippen molar-refractivity contribution in [2.45, 2.75) is 57.3 Å². The van der Waals surface area contributed by atoms with Gasteiger partial charge in [0.2, 0.25) is 0 Å². The fourth-order valence-electron chi connectivity index (χ4n) is 3.65. The first kappa shape index (κ1) is 18.8. The van der Waals surface area contributed by atoms with Gasteiger partial charge in [0.1, 0.15) is 5.82 Å². The molecule has 1 atom stereocenters. The van der Waals surface area contributed by atoms with Gasteiger partial charge in [-0.2, -0.15) is 13.2 Å². The molecule has 1 aromatic rings. The van der Waals surface area contributed by atoms with Gasteiger partial charge in [0.15, 0.2) is 0 Å². The molecular weight excluding hydrogens is 345 g/mol. The van der Waals surface area contributed by atoms with Crippen LogP contribution in [0.4, 0.5) is 23.8 Å². The molecule has 2 amide bonds. The Balaban J connectivity index is 1.50. The van der Waals surface area contributed by atoms with E-state index in [0.717, 1.165) is 44.5 Å². The first-order valence-electron chi connectivity index (χ1n) is 9.20. The summed E-state index contributed by atoms with van der Waals surface area (Å²) in [5.74, 6) is 0.549. The normalized spacial score (nSPS) is 22.4. The number of halogens is 3. The maximum Gasteiger partial charge on any atom is 0.417 e. The maximum absolute atomic E-state index is 12.6. The summed E-state index contributed by atoms with van der Waals surface area (Å²) < 4.78 is 37.9. The van der Waals surface area contributed by atoms with Gasteiger partial charge in [0.25, 0.3) is 0 Å². The molecule has 2 fully saturated rings. The number of nitrogens with one attached hydrogen (secondary N) is 1. The van der Waals surface area contributed by atoms with Crippen molar-refractivity contribution < 1.29 is 18.0 Å². The third-order valence-corrected chi connectivity index (χ3v) is 5.29. The Morgan fingerprint density at radius 3 is 2.46 bits per heavy atom. The fraction of sp³-hybridized carbons (Fsp3) is 0.667. The molecule has 0 aliphatic carbocycles. The first-order valence-corrected chi connectivity index (χ1v) is 9.20. The summed E-state index contributed by atoms with van der Waals surface area (Å²) in [6.45, 7) is 4.22. The number of carbonyl (C=O) groups excluding carboxylic acids is 1. The fourth-order valence-corrected chi connectivity index (χ4v) is 3.65. The van der Waals surface area contributed by atoms with E-state index in [9.17, 15) is 18.0 Å². The molecule has 2 aliphatic rings. The summed E-state index contributed by atoms with van der Waals surface area (Å²) in [4.78, 5) is 20.3. The summed E-state index contributed by atoms with van der Waals surface area (Å²) in [5, 5.41) is 3.11. The van der Waals surface area contributed by atoms with Gasteiger partial charge in [-0.3, -0.25) is 0 Å². The molecule has 0 aromatic carbocycles. The zero-order chi connectivity index (χ0) is 18.7. The van der Waals surface area contributed by atoms with Gasteiger partial charge >= 0.3 is 12.2 Å². The number of likely N-dealkylation sites (tertiary alicyclic amines) is 1. The van der Waals surface area contributed by atoms with Crippen molar-refractivity contribution in [3.05, 3.63) is 23.9 Å². The van der Waals surface area contributed by atoms with Crippen molar-refractivity contribution in [1.29, 1.82) is 0 Å². The van der Waals surface area contributed by atoms with Gasteiger partial charge in [-0.25, -0.2) is 9.78 Å². The van der Waals surface area contributed by atoms with E-state index >= 15 is 0 Å². The lowest BCUT2D eigenvalue weighted by atomic mass is 10.0. The number of hydrogen-bond donors (Lipinski definition) is 1. The number of urea groups is 1. The van der Waals surface area contributed by atoms with E-state index < -0.39 is 11.7 Å². The summed E-state index contributed by atoms with van der Waals surface area (Å²) in [6, 6.07) is 2.86. The summed E-state index contributed by atoms with van der Waals surface area (Å²) in [6.07, 6.45) is 1.30. The number of alkyl halides is 3. The summed E-state index contributed by atoms with van der Waals surface area (Å²) in [7, 11) is 0. The second-order valence-electron chi connectivity index (χ2n) is 7.15. The molecule has 0 bridgehead atoms. The molecule has 0 spiro atoms. The molecule has 2 saturated heterocycles. The lowest BCUT2D eigenvalue weighted by Crippen LogP contribution is -2.52. The van der Waals surface area contributed by atoms with Crippen LogP contribution >= 0.6 is 0 Å². The number of aromatic nitrogens is 1. The Morgan fingerprint density at radius 2 is 1.88 bits per heavy atom. The van der Waals surface area contributed by atoms with Crippen LogP contribution in [0.2, 0.25) is 0 Å². The maximum atomic E-state index is 12.6. The van der Waals surface area contributed by atoms with Crippen molar-refractivity contribution in [3.63, 3.8) is 0 Å². The Kier molecular flexibility index (Phi) is 5.58. The standard InChI is InChI=1S/C18H25F3N4O/c1-13-4-2-3-9-25(13)17(26)23-15-7-10-24(11-8-15)16-6-5-14(12-22-16)18(19,20)21/h5-6,12-13,15H,2-4,7-11H2,1H3,(H,23,26).